The van der Waals surface area contributed by atoms with Crippen molar-refractivity contribution in [3.05, 3.63) is 93.2 Å². The lowest BCUT2D eigenvalue weighted by Gasteiger charge is -2.07. The summed E-state index contributed by atoms with van der Waals surface area (Å²) in [6, 6.07) is 19.4. The van der Waals surface area contributed by atoms with E-state index in [0.717, 1.165) is 31.7 Å². The van der Waals surface area contributed by atoms with Crippen molar-refractivity contribution in [3.8, 4) is 11.1 Å². The molecule has 0 aliphatic heterocycles. The maximum absolute atomic E-state index is 12.2. The molecule has 0 saturated heterocycles. The number of carbonyl (C=O) groups excluding carboxylic acids is 1. The molecule has 0 unspecified atom stereocenters. The number of aliphatic hydroxyl groups is 1. The van der Waals surface area contributed by atoms with Crippen molar-refractivity contribution in [2.24, 2.45) is 0 Å². The molecule has 0 saturated carbocycles. The van der Waals surface area contributed by atoms with Crippen LogP contribution in [0.5, 0.6) is 0 Å². The lowest BCUT2D eigenvalue weighted by molar-refractivity contribution is 0.0945. The minimum atomic E-state index is -0.205. The number of fused-ring (bicyclic) bond motifs is 1. The molecule has 3 N–H and O–H groups in total. The summed E-state index contributed by atoms with van der Waals surface area (Å²) in [6.07, 6.45) is 2.22. The Balaban J connectivity index is 1.70. The van der Waals surface area contributed by atoms with E-state index in [2.05, 4.69) is 22.4 Å². The Hall–Kier alpha value is -3.22. The van der Waals surface area contributed by atoms with Gasteiger partial charge in [-0.3, -0.25) is 9.59 Å². The van der Waals surface area contributed by atoms with E-state index in [1.165, 1.54) is 0 Å². The Kier molecular flexibility index (Phi) is 5.55. The predicted molar refractivity (Wildman–Crippen MR) is 117 cm³/mol. The second-order valence-corrected chi connectivity index (χ2v) is 7.83. The molecule has 0 spiro atoms. The number of thiophene rings is 1. The van der Waals surface area contributed by atoms with Gasteiger partial charge in [0.25, 0.3) is 11.5 Å². The van der Waals surface area contributed by atoms with Crippen LogP contribution in [-0.2, 0) is 6.42 Å². The highest BCUT2D eigenvalue weighted by atomic mass is 32.1. The maximum Gasteiger partial charge on any atom is 0.251 e. The van der Waals surface area contributed by atoms with Crippen molar-refractivity contribution in [1.29, 1.82) is 0 Å². The fourth-order valence-corrected chi connectivity index (χ4v) is 4.53. The third kappa shape index (κ3) is 4.13. The van der Waals surface area contributed by atoms with Crippen molar-refractivity contribution >= 4 is 27.3 Å². The van der Waals surface area contributed by atoms with E-state index in [0.29, 0.717) is 12.0 Å². The van der Waals surface area contributed by atoms with Gasteiger partial charge in [-0.1, -0.05) is 36.4 Å². The highest BCUT2D eigenvalue weighted by molar-refractivity contribution is 7.19. The zero-order chi connectivity index (χ0) is 20.2. The molecule has 4 rings (SSSR count). The zero-order valence-corrected chi connectivity index (χ0v) is 16.5. The van der Waals surface area contributed by atoms with Gasteiger partial charge in [0.2, 0.25) is 0 Å². The van der Waals surface area contributed by atoms with Crippen LogP contribution >= 0.6 is 11.3 Å². The summed E-state index contributed by atoms with van der Waals surface area (Å²) < 4.78 is 1.13. The number of nitrogens with one attached hydrogen (secondary N) is 2. The molecule has 0 bridgehead atoms. The first-order chi connectivity index (χ1) is 14.2. The van der Waals surface area contributed by atoms with Gasteiger partial charge in [-0.25, -0.2) is 0 Å². The summed E-state index contributed by atoms with van der Waals surface area (Å²) in [4.78, 5) is 28.1. The monoisotopic (exact) mass is 404 g/mol. The van der Waals surface area contributed by atoms with Gasteiger partial charge in [0.1, 0.15) is 0 Å². The maximum atomic E-state index is 12.2. The summed E-state index contributed by atoms with van der Waals surface area (Å²) in [5, 5.41) is 12.7. The predicted octanol–water partition coefficient (Wildman–Crippen LogP) is 3.57. The normalized spacial score (nSPS) is 10.9. The van der Waals surface area contributed by atoms with Gasteiger partial charge in [-0.15, -0.1) is 11.3 Å². The van der Waals surface area contributed by atoms with Crippen LogP contribution in [0.4, 0.5) is 0 Å². The van der Waals surface area contributed by atoms with Crippen LogP contribution in [-0.4, -0.2) is 29.1 Å². The second-order valence-electron chi connectivity index (χ2n) is 6.70. The van der Waals surface area contributed by atoms with Crippen molar-refractivity contribution in [3.63, 3.8) is 0 Å². The molecule has 0 aliphatic rings. The van der Waals surface area contributed by atoms with E-state index in [1.807, 2.05) is 42.5 Å². The standard InChI is InChI=1S/C23H20N2O3S/c26-11-10-25-22(27)17-6-1-4-15(12-17)20-8-2-5-16-13-19(29-21(16)20)14-18-7-3-9-24-23(18)28/h1-9,12-13,26H,10-11,14H2,(H,24,28)(H,25,27). The van der Waals surface area contributed by atoms with E-state index >= 15 is 0 Å². The Bertz CT molecular complexity index is 1230. The molecular formula is C23H20N2O3S. The van der Waals surface area contributed by atoms with Crippen LogP contribution in [0.2, 0.25) is 0 Å². The van der Waals surface area contributed by atoms with Crippen LogP contribution in [0.1, 0.15) is 20.8 Å². The van der Waals surface area contributed by atoms with Crippen LogP contribution < -0.4 is 10.9 Å². The summed E-state index contributed by atoms with van der Waals surface area (Å²) in [7, 11) is 0. The first-order valence-electron chi connectivity index (χ1n) is 9.33. The van der Waals surface area contributed by atoms with Gasteiger partial charge in [0.05, 0.1) is 6.61 Å². The number of aliphatic hydroxyl groups excluding tert-OH is 1. The highest BCUT2D eigenvalue weighted by Gasteiger charge is 2.12. The minimum absolute atomic E-state index is 0.0632. The van der Waals surface area contributed by atoms with Gasteiger partial charge in [-0.2, -0.15) is 0 Å². The van der Waals surface area contributed by atoms with Crippen LogP contribution in [0.15, 0.2) is 71.7 Å². The number of rotatable bonds is 6. The van der Waals surface area contributed by atoms with Crippen molar-refractivity contribution in [1.82, 2.24) is 10.3 Å². The van der Waals surface area contributed by atoms with E-state index < -0.39 is 0 Å². The number of aromatic amines is 1. The number of aromatic nitrogens is 1. The number of benzene rings is 2. The molecule has 6 heteroatoms. The number of amides is 1. The van der Waals surface area contributed by atoms with E-state index in [1.54, 1.807) is 23.6 Å². The Morgan fingerprint density at radius 3 is 2.76 bits per heavy atom. The quantitative estimate of drug-likeness (QED) is 0.459. The molecule has 0 atom stereocenters. The average molecular weight is 404 g/mol. The molecule has 5 nitrogen and oxygen atoms in total. The van der Waals surface area contributed by atoms with Crippen molar-refractivity contribution in [2.75, 3.05) is 13.2 Å². The van der Waals surface area contributed by atoms with Crippen LogP contribution in [0.25, 0.3) is 21.2 Å². The van der Waals surface area contributed by atoms with Gasteiger partial charge in [0, 0.05) is 39.9 Å². The number of carbonyl (C=O) groups is 1. The Morgan fingerprint density at radius 1 is 1.07 bits per heavy atom. The number of hydrogen-bond acceptors (Lipinski definition) is 4. The zero-order valence-electron chi connectivity index (χ0n) is 15.6. The number of hydrogen-bond donors (Lipinski definition) is 3. The van der Waals surface area contributed by atoms with Gasteiger partial charge in [-0.05, 0) is 40.8 Å². The third-order valence-electron chi connectivity index (χ3n) is 4.69. The Labute approximate surface area is 171 Å². The van der Waals surface area contributed by atoms with Gasteiger partial charge >= 0.3 is 0 Å². The fourth-order valence-electron chi connectivity index (χ4n) is 3.31. The molecular weight excluding hydrogens is 384 g/mol. The molecule has 2 aromatic carbocycles. The van der Waals surface area contributed by atoms with Crippen LogP contribution in [0.3, 0.4) is 0 Å². The van der Waals surface area contributed by atoms with Gasteiger partial charge < -0.3 is 15.4 Å². The SMILES string of the molecule is O=C(NCCO)c1cccc(-c2cccc3cc(Cc4ccc[nH]c4=O)sc23)c1. The molecule has 0 fully saturated rings. The lowest BCUT2D eigenvalue weighted by Crippen LogP contribution is -2.26. The summed E-state index contributed by atoms with van der Waals surface area (Å²) >= 11 is 1.66. The molecule has 1 amide bonds. The first kappa shape index (κ1) is 19.1. The lowest BCUT2D eigenvalue weighted by atomic mass is 10.0. The Morgan fingerprint density at radius 2 is 1.93 bits per heavy atom. The fraction of sp³-hybridized carbons (Fsp3) is 0.130. The molecule has 0 aliphatic carbocycles. The molecule has 4 aromatic rings. The van der Waals surface area contributed by atoms with Gasteiger partial charge in [0.15, 0.2) is 0 Å². The highest BCUT2D eigenvalue weighted by Crippen LogP contribution is 2.35. The summed E-state index contributed by atoms with van der Waals surface area (Å²) in [5.74, 6) is -0.205. The van der Waals surface area contributed by atoms with E-state index in [-0.39, 0.29) is 24.6 Å². The second kappa shape index (κ2) is 8.43. The molecule has 2 aromatic heterocycles. The van der Waals surface area contributed by atoms with E-state index in [4.69, 9.17) is 5.11 Å². The van der Waals surface area contributed by atoms with E-state index in [9.17, 15) is 9.59 Å². The molecule has 146 valence electrons. The summed E-state index contributed by atoms with van der Waals surface area (Å²) in [5.41, 5.74) is 3.24. The average Bonchev–Trinajstić information content (AvgIpc) is 3.16. The topological polar surface area (TPSA) is 82.2 Å². The third-order valence-corrected chi connectivity index (χ3v) is 5.88. The molecule has 0 radical (unpaired) electrons. The summed E-state index contributed by atoms with van der Waals surface area (Å²) in [6.45, 7) is 0.137. The number of H-pyrrole nitrogens is 1. The van der Waals surface area contributed by atoms with Crippen molar-refractivity contribution in [2.45, 2.75) is 6.42 Å². The largest absolute Gasteiger partial charge is 0.395 e. The molecule has 2 heterocycles. The smallest absolute Gasteiger partial charge is 0.251 e. The van der Waals surface area contributed by atoms with Crippen molar-refractivity contribution < 1.29 is 9.90 Å². The number of pyridine rings is 1. The first-order valence-corrected chi connectivity index (χ1v) is 10.1. The van der Waals surface area contributed by atoms with Crippen LogP contribution in [0, 0.1) is 0 Å². The molecule has 29 heavy (non-hydrogen) atoms. The minimum Gasteiger partial charge on any atom is -0.395 e.